The lowest BCUT2D eigenvalue weighted by atomic mass is 10.1. The molecule has 0 saturated carbocycles. The number of nitrogens with zero attached hydrogens (tertiary/aromatic N) is 3. The van der Waals surface area contributed by atoms with E-state index in [1.165, 1.54) is 0 Å². The van der Waals surface area contributed by atoms with Crippen molar-refractivity contribution in [1.82, 2.24) is 9.55 Å². The molecular weight excluding hydrogens is 216 g/mol. The maximum absolute atomic E-state index is 5.92. The predicted octanol–water partition coefficient (Wildman–Crippen LogP) is 0.846. The zero-order chi connectivity index (χ0) is 12.5. The number of hydrogen-bond donors (Lipinski definition) is 1. The highest BCUT2D eigenvalue weighted by atomic mass is 16.5. The topological polar surface area (TPSA) is 56.3 Å². The number of aryl methyl sites for hydroxylation is 1. The number of aromatic nitrogens is 2. The minimum Gasteiger partial charge on any atom is -0.367 e. The summed E-state index contributed by atoms with van der Waals surface area (Å²) >= 11 is 0. The van der Waals surface area contributed by atoms with Gasteiger partial charge in [0.25, 0.3) is 0 Å². The van der Waals surface area contributed by atoms with E-state index in [0.717, 1.165) is 25.6 Å². The van der Waals surface area contributed by atoms with Crippen LogP contribution in [-0.2, 0) is 11.3 Å². The average molecular weight is 238 g/mol. The molecule has 0 spiro atoms. The Morgan fingerprint density at radius 2 is 2.35 bits per heavy atom. The molecule has 5 heteroatoms. The number of morpholine rings is 1. The van der Waals surface area contributed by atoms with Crippen molar-refractivity contribution in [2.75, 3.05) is 24.5 Å². The minimum atomic E-state index is -0.174. The van der Waals surface area contributed by atoms with E-state index < -0.39 is 0 Å². The van der Waals surface area contributed by atoms with Gasteiger partial charge in [-0.1, -0.05) is 0 Å². The van der Waals surface area contributed by atoms with E-state index in [1.54, 1.807) is 0 Å². The van der Waals surface area contributed by atoms with E-state index in [2.05, 4.69) is 35.2 Å². The zero-order valence-corrected chi connectivity index (χ0v) is 10.9. The number of hydrogen-bond acceptors (Lipinski definition) is 4. The van der Waals surface area contributed by atoms with E-state index >= 15 is 0 Å². The van der Waals surface area contributed by atoms with Crippen LogP contribution in [0.25, 0.3) is 0 Å². The Hall–Kier alpha value is -1.07. The van der Waals surface area contributed by atoms with E-state index in [-0.39, 0.29) is 11.7 Å². The summed E-state index contributed by atoms with van der Waals surface area (Å²) in [5.41, 5.74) is 5.56. The highest BCUT2D eigenvalue weighted by Crippen LogP contribution is 2.24. The smallest absolute Gasteiger partial charge is 0.205 e. The number of ether oxygens (including phenoxy) is 1. The monoisotopic (exact) mass is 238 g/mol. The second kappa shape index (κ2) is 4.66. The first kappa shape index (κ1) is 12.4. The molecule has 1 aliphatic rings. The highest BCUT2D eigenvalue weighted by molar-refractivity contribution is 5.33. The number of anilines is 1. The molecule has 2 rings (SSSR count). The van der Waals surface area contributed by atoms with Crippen molar-refractivity contribution in [2.45, 2.75) is 39.0 Å². The first-order valence-electron chi connectivity index (χ1n) is 6.19. The number of imidazole rings is 1. The van der Waals surface area contributed by atoms with E-state index in [1.807, 2.05) is 12.4 Å². The van der Waals surface area contributed by atoms with Crippen LogP contribution >= 0.6 is 0 Å². The van der Waals surface area contributed by atoms with Gasteiger partial charge in [-0.15, -0.1) is 0 Å². The van der Waals surface area contributed by atoms with Gasteiger partial charge in [-0.3, -0.25) is 0 Å². The lowest BCUT2D eigenvalue weighted by Gasteiger charge is -2.43. The van der Waals surface area contributed by atoms with E-state index in [0.29, 0.717) is 6.54 Å². The van der Waals surface area contributed by atoms with E-state index in [9.17, 15) is 0 Å². The molecule has 96 valence electrons. The molecular formula is C12H22N4O. The van der Waals surface area contributed by atoms with Crippen molar-refractivity contribution in [2.24, 2.45) is 5.73 Å². The van der Waals surface area contributed by atoms with Gasteiger partial charge in [-0.25, -0.2) is 4.98 Å². The fourth-order valence-electron chi connectivity index (χ4n) is 2.40. The standard InChI is InChI=1S/C12H22N4O/c1-4-15-6-5-14-11(15)16-8-10(7-13)17-12(2,3)9-16/h5-6,10H,4,7-9,13H2,1-3H3. The molecule has 1 aromatic rings. The summed E-state index contributed by atoms with van der Waals surface area (Å²) < 4.78 is 8.07. The summed E-state index contributed by atoms with van der Waals surface area (Å²) in [6, 6.07) is 0. The molecule has 0 aliphatic carbocycles. The molecule has 1 aliphatic heterocycles. The van der Waals surface area contributed by atoms with Crippen LogP contribution < -0.4 is 10.6 Å². The molecule has 2 N–H and O–H groups in total. The normalized spacial score (nSPS) is 24.0. The Labute approximate surface area is 103 Å². The van der Waals surface area contributed by atoms with Crippen LogP contribution in [0, 0.1) is 0 Å². The molecule has 1 unspecified atom stereocenters. The molecule has 1 saturated heterocycles. The van der Waals surface area contributed by atoms with Crippen molar-refractivity contribution in [3.05, 3.63) is 12.4 Å². The summed E-state index contributed by atoms with van der Waals surface area (Å²) in [4.78, 5) is 6.71. The van der Waals surface area contributed by atoms with Crippen LogP contribution in [0.4, 0.5) is 5.95 Å². The van der Waals surface area contributed by atoms with Gasteiger partial charge in [0.2, 0.25) is 5.95 Å². The van der Waals surface area contributed by atoms with Gasteiger partial charge < -0.3 is 19.9 Å². The van der Waals surface area contributed by atoms with Gasteiger partial charge >= 0.3 is 0 Å². The molecule has 5 nitrogen and oxygen atoms in total. The Balaban J connectivity index is 2.20. The Bertz CT molecular complexity index is 374. The van der Waals surface area contributed by atoms with Crippen molar-refractivity contribution >= 4 is 5.95 Å². The van der Waals surface area contributed by atoms with Gasteiger partial charge in [0, 0.05) is 38.6 Å². The largest absolute Gasteiger partial charge is 0.367 e. The van der Waals surface area contributed by atoms with Gasteiger partial charge in [0.15, 0.2) is 0 Å². The third-order valence-electron chi connectivity index (χ3n) is 3.06. The highest BCUT2D eigenvalue weighted by Gasteiger charge is 2.34. The number of rotatable bonds is 3. The molecule has 1 atom stereocenters. The van der Waals surface area contributed by atoms with Crippen LogP contribution in [0.2, 0.25) is 0 Å². The fourth-order valence-corrected chi connectivity index (χ4v) is 2.40. The van der Waals surface area contributed by atoms with Crippen LogP contribution in [0.3, 0.4) is 0 Å². The van der Waals surface area contributed by atoms with Gasteiger partial charge in [-0.2, -0.15) is 0 Å². The van der Waals surface area contributed by atoms with Crippen LogP contribution in [-0.4, -0.2) is 40.9 Å². The maximum atomic E-state index is 5.92. The summed E-state index contributed by atoms with van der Waals surface area (Å²) in [5, 5.41) is 0. The van der Waals surface area contributed by atoms with Crippen molar-refractivity contribution < 1.29 is 4.74 Å². The quantitative estimate of drug-likeness (QED) is 0.848. The predicted molar refractivity (Wildman–Crippen MR) is 68.1 cm³/mol. The second-order valence-corrected chi connectivity index (χ2v) is 5.13. The van der Waals surface area contributed by atoms with Gasteiger partial charge in [0.1, 0.15) is 0 Å². The summed E-state index contributed by atoms with van der Waals surface area (Å²) in [6.45, 7) is 9.46. The third-order valence-corrected chi connectivity index (χ3v) is 3.06. The van der Waals surface area contributed by atoms with Crippen molar-refractivity contribution in [3.8, 4) is 0 Å². The van der Waals surface area contributed by atoms with Crippen LogP contribution in [0.1, 0.15) is 20.8 Å². The molecule has 1 aromatic heterocycles. The second-order valence-electron chi connectivity index (χ2n) is 5.13. The van der Waals surface area contributed by atoms with Gasteiger partial charge in [-0.05, 0) is 20.8 Å². The summed E-state index contributed by atoms with van der Waals surface area (Å²) in [7, 11) is 0. The molecule has 1 fully saturated rings. The lowest BCUT2D eigenvalue weighted by molar-refractivity contribution is -0.0793. The first-order valence-corrected chi connectivity index (χ1v) is 6.19. The average Bonchev–Trinajstić information content (AvgIpc) is 2.74. The summed E-state index contributed by atoms with van der Waals surface area (Å²) in [5.74, 6) is 1.02. The maximum Gasteiger partial charge on any atom is 0.205 e. The zero-order valence-electron chi connectivity index (χ0n) is 10.9. The third kappa shape index (κ3) is 2.61. The minimum absolute atomic E-state index is 0.0840. The summed E-state index contributed by atoms with van der Waals surface area (Å²) in [6.07, 6.45) is 3.94. The van der Waals surface area contributed by atoms with Crippen LogP contribution in [0.15, 0.2) is 12.4 Å². The molecule has 2 heterocycles. The first-order chi connectivity index (χ1) is 8.05. The number of nitrogens with two attached hydrogens (primary N) is 1. The Kier molecular flexibility index (Phi) is 3.40. The molecule has 0 aromatic carbocycles. The fraction of sp³-hybridized carbons (Fsp3) is 0.750. The van der Waals surface area contributed by atoms with E-state index in [4.69, 9.17) is 10.5 Å². The lowest BCUT2D eigenvalue weighted by Crippen LogP contribution is -2.55. The molecule has 0 radical (unpaired) electrons. The molecule has 17 heavy (non-hydrogen) atoms. The molecule has 0 amide bonds. The van der Waals surface area contributed by atoms with Gasteiger partial charge in [0.05, 0.1) is 11.7 Å². The Morgan fingerprint density at radius 1 is 1.59 bits per heavy atom. The SMILES string of the molecule is CCn1ccnc1N1CC(CN)OC(C)(C)C1. The van der Waals surface area contributed by atoms with Crippen molar-refractivity contribution in [1.29, 1.82) is 0 Å². The van der Waals surface area contributed by atoms with Crippen molar-refractivity contribution in [3.63, 3.8) is 0 Å². The molecule has 0 bridgehead atoms. The Morgan fingerprint density at radius 3 is 3.00 bits per heavy atom. The van der Waals surface area contributed by atoms with Crippen LogP contribution in [0.5, 0.6) is 0 Å².